The van der Waals surface area contributed by atoms with Crippen molar-refractivity contribution in [3.05, 3.63) is 187 Å². The molecule has 9 aromatic rings. The molecule has 0 fully saturated rings. The molecule has 1 aliphatic rings. The molecular formula is C50H35NO. The average molecular weight is 666 g/mol. The fourth-order valence-electron chi connectivity index (χ4n) is 8.25. The van der Waals surface area contributed by atoms with Gasteiger partial charge >= 0.3 is 0 Å². The zero-order valence-electron chi connectivity index (χ0n) is 29.1. The minimum Gasteiger partial charge on any atom is -0.455 e. The molecule has 0 N–H and O–H groups in total. The number of furan rings is 1. The third-order valence-corrected chi connectivity index (χ3v) is 10.9. The number of hydrogen-bond acceptors (Lipinski definition) is 2. The molecule has 0 spiro atoms. The van der Waals surface area contributed by atoms with E-state index in [2.05, 4.69) is 172 Å². The average Bonchev–Trinajstić information content (AvgIpc) is 3.70. The highest BCUT2D eigenvalue weighted by Gasteiger charge is 2.38. The van der Waals surface area contributed by atoms with E-state index >= 15 is 0 Å². The van der Waals surface area contributed by atoms with Gasteiger partial charge in [0.15, 0.2) is 0 Å². The molecule has 246 valence electrons. The van der Waals surface area contributed by atoms with Crippen LogP contribution in [0.5, 0.6) is 0 Å². The molecule has 2 aromatic heterocycles. The van der Waals surface area contributed by atoms with Gasteiger partial charge in [0.2, 0.25) is 0 Å². The van der Waals surface area contributed by atoms with Gasteiger partial charge in [-0.25, -0.2) is 4.98 Å². The van der Waals surface area contributed by atoms with Gasteiger partial charge in [0, 0.05) is 32.9 Å². The Morgan fingerprint density at radius 3 is 1.69 bits per heavy atom. The van der Waals surface area contributed by atoms with E-state index in [0.717, 1.165) is 50.2 Å². The first-order chi connectivity index (χ1) is 25.5. The smallest absolute Gasteiger partial charge is 0.143 e. The molecule has 0 saturated carbocycles. The summed E-state index contributed by atoms with van der Waals surface area (Å²) < 4.78 is 6.61. The highest BCUT2D eigenvalue weighted by Crippen LogP contribution is 2.53. The van der Waals surface area contributed by atoms with Crippen molar-refractivity contribution in [2.45, 2.75) is 19.3 Å². The Morgan fingerprint density at radius 1 is 0.404 bits per heavy atom. The lowest BCUT2D eigenvalue weighted by Gasteiger charge is -2.21. The monoisotopic (exact) mass is 665 g/mol. The maximum Gasteiger partial charge on any atom is 0.143 e. The summed E-state index contributed by atoms with van der Waals surface area (Å²) in [5, 5.41) is 2.33. The number of aromatic nitrogens is 1. The topological polar surface area (TPSA) is 26.0 Å². The van der Waals surface area contributed by atoms with Crippen molar-refractivity contribution in [3.63, 3.8) is 0 Å². The Labute approximate surface area is 303 Å². The van der Waals surface area contributed by atoms with Gasteiger partial charge in [-0.2, -0.15) is 0 Å². The highest BCUT2D eigenvalue weighted by atomic mass is 16.3. The normalized spacial score (nSPS) is 13.0. The number of para-hydroxylation sites is 1. The van der Waals surface area contributed by atoms with Crippen LogP contribution >= 0.6 is 0 Å². The van der Waals surface area contributed by atoms with Crippen LogP contribution in [0.1, 0.15) is 25.0 Å². The Hall–Kier alpha value is -6.51. The third kappa shape index (κ3) is 4.83. The van der Waals surface area contributed by atoms with Crippen molar-refractivity contribution in [2.24, 2.45) is 0 Å². The van der Waals surface area contributed by atoms with Gasteiger partial charge in [-0.05, 0) is 80.4 Å². The summed E-state index contributed by atoms with van der Waals surface area (Å²) in [6, 6.07) is 63.0. The number of hydrogen-bond donors (Lipinski definition) is 0. The Bertz CT molecular complexity index is 2750. The highest BCUT2D eigenvalue weighted by molar-refractivity contribution is 6.12. The number of rotatable bonds is 5. The molecule has 0 unspecified atom stereocenters. The molecule has 0 atom stereocenters. The fraction of sp³-hybridized carbons (Fsp3) is 0.0600. The molecule has 0 bridgehead atoms. The van der Waals surface area contributed by atoms with Crippen molar-refractivity contribution >= 4 is 21.9 Å². The molecule has 2 heteroatoms. The molecule has 0 saturated heterocycles. The summed E-state index contributed by atoms with van der Waals surface area (Å²) in [7, 11) is 0. The van der Waals surface area contributed by atoms with Crippen molar-refractivity contribution < 1.29 is 4.42 Å². The van der Waals surface area contributed by atoms with Crippen LogP contribution in [0.3, 0.4) is 0 Å². The second kappa shape index (κ2) is 11.8. The van der Waals surface area contributed by atoms with Crippen LogP contribution in [-0.2, 0) is 5.41 Å². The molecule has 0 aliphatic heterocycles. The first-order valence-electron chi connectivity index (χ1n) is 18.0. The summed E-state index contributed by atoms with van der Waals surface area (Å²) in [5.41, 5.74) is 18.1. The Kier molecular flexibility index (Phi) is 6.87. The maximum absolute atomic E-state index is 6.61. The van der Waals surface area contributed by atoms with Crippen molar-refractivity contribution in [1.82, 2.24) is 4.98 Å². The van der Waals surface area contributed by atoms with E-state index in [9.17, 15) is 0 Å². The second-order valence-corrected chi connectivity index (χ2v) is 14.3. The number of nitrogens with zero attached hydrogens (tertiary/aromatic N) is 1. The molecule has 2 heterocycles. The predicted octanol–water partition coefficient (Wildman–Crippen LogP) is 13.6. The lowest BCUT2D eigenvalue weighted by atomic mass is 9.82. The predicted molar refractivity (Wildman–Crippen MR) is 216 cm³/mol. The van der Waals surface area contributed by atoms with Crippen LogP contribution in [-0.4, -0.2) is 4.98 Å². The summed E-state index contributed by atoms with van der Waals surface area (Å²) >= 11 is 0. The van der Waals surface area contributed by atoms with Crippen LogP contribution in [0.4, 0.5) is 0 Å². The van der Waals surface area contributed by atoms with Gasteiger partial charge in [-0.15, -0.1) is 0 Å². The largest absolute Gasteiger partial charge is 0.455 e. The third-order valence-electron chi connectivity index (χ3n) is 10.9. The van der Waals surface area contributed by atoms with E-state index in [1.165, 1.54) is 49.9 Å². The van der Waals surface area contributed by atoms with Crippen molar-refractivity contribution in [1.29, 1.82) is 0 Å². The Balaban J connectivity index is 1.10. The fourth-order valence-corrected chi connectivity index (χ4v) is 8.25. The summed E-state index contributed by atoms with van der Waals surface area (Å²) in [6.07, 6.45) is 0. The second-order valence-electron chi connectivity index (χ2n) is 14.3. The Morgan fingerprint density at radius 2 is 0.981 bits per heavy atom. The summed E-state index contributed by atoms with van der Waals surface area (Å²) in [4.78, 5) is 5.11. The number of fused-ring (bicyclic) bond motifs is 7. The van der Waals surface area contributed by atoms with Crippen LogP contribution in [0.2, 0.25) is 0 Å². The van der Waals surface area contributed by atoms with Crippen LogP contribution in [0.25, 0.3) is 89.0 Å². The van der Waals surface area contributed by atoms with Crippen LogP contribution in [0.15, 0.2) is 180 Å². The molecule has 0 radical (unpaired) electrons. The van der Waals surface area contributed by atoms with E-state index in [1.807, 2.05) is 18.2 Å². The van der Waals surface area contributed by atoms with E-state index in [-0.39, 0.29) is 5.41 Å². The molecule has 2 nitrogen and oxygen atoms in total. The summed E-state index contributed by atoms with van der Waals surface area (Å²) in [5.74, 6) is 0. The van der Waals surface area contributed by atoms with Crippen molar-refractivity contribution in [3.8, 4) is 67.0 Å². The van der Waals surface area contributed by atoms with Gasteiger partial charge in [-0.1, -0.05) is 159 Å². The first kappa shape index (κ1) is 30.3. The van der Waals surface area contributed by atoms with Gasteiger partial charge < -0.3 is 4.42 Å². The molecule has 52 heavy (non-hydrogen) atoms. The standard InChI is InChI=1S/C50H35NO/c1-50(2)43-26-24-36(29-42(43)48-44(50)27-25-41-40-22-11-12-23-47(40)52-49(41)48)39-21-10-9-20-38(39)35-19-13-18-34(28-35)37-30-45(32-14-5-3-6-15-32)51-46(31-37)33-16-7-4-8-17-33/h3-31H,1-2H3. The molecule has 1 aliphatic carbocycles. The number of pyridine rings is 1. The minimum absolute atomic E-state index is 0.133. The molecule has 7 aromatic carbocycles. The van der Waals surface area contributed by atoms with Crippen LogP contribution in [0, 0.1) is 0 Å². The zero-order valence-corrected chi connectivity index (χ0v) is 29.1. The summed E-state index contributed by atoms with van der Waals surface area (Å²) in [6.45, 7) is 4.66. The first-order valence-corrected chi connectivity index (χ1v) is 18.0. The maximum atomic E-state index is 6.61. The van der Waals surface area contributed by atoms with Gasteiger partial charge in [-0.3, -0.25) is 0 Å². The van der Waals surface area contributed by atoms with E-state index in [0.29, 0.717) is 0 Å². The van der Waals surface area contributed by atoms with Crippen LogP contribution < -0.4 is 0 Å². The van der Waals surface area contributed by atoms with Crippen molar-refractivity contribution in [2.75, 3.05) is 0 Å². The number of benzene rings is 7. The molecular weight excluding hydrogens is 631 g/mol. The van der Waals surface area contributed by atoms with Gasteiger partial charge in [0.25, 0.3) is 0 Å². The lowest BCUT2D eigenvalue weighted by molar-refractivity contribution is 0.653. The van der Waals surface area contributed by atoms with E-state index in [4.69, 9.17) is 9.40 Å². The quantitative estimate of drug-likeness (QED) is 0.183. The zero-order chi connectivity index (χ0) is 34.8. The SMILES string of the molecule is CC1(C)c2ccc(-c3ccccc3-c3cccc(-c4cc(-c5ccccc5)nc(-c5ccccc5)c4)c3)cc2-c2c1ccc1c2oc2ccccc21. The van der Waals surface area contributed by atoms with E-state index in [1.54, 1.807) is 0 Å². The molecule has 10 rings (SSSR count). The molecule has 0 amide bonds. The van der Waals surface area contributed by atoms with Gasteiger partial charge in [0.05, 0.1) is 11.4 Å². The minimum atomic E-state index is -0.133. The van der Waals surface area contributed by atoms with E-state index < -0.39 is 0 Å². The van der Waals surface area contributed by atoms with Gasteiger partial charge in [0.1, 0.15) is 11.2 Å². The lowest BCUT2D eigenvalue weighted by Crippen LogP contribution is -2.14.